The van der Waals surface area contributed by atoms with Crippen LogP contribution in [-0.4, -0.2) is 37.7 Å². The number of Topliss-reactive ketones (excluding diaryl/α,β-unsaturated/α-hetero) is 1. The molecule has 0 bridgehead atoms. The summed E-state index contributed by atoms with van der Waals surface area (Å²) in [7, 11) is -2.07. The van der Waals surface area contributed by atoms with Crippen LogP contribution in [0.2, 0.25) is 0 Å². The molecule has 2 N–H and O–H groups in total. The third kappa shape index (κ3) is 4.23. The Morgan fingerprint density at radius 3 is 2.32 bits per heavy atom. The Balaban J connectivity index is 2.62. The van der Waals surface area contributed by atoms with Crippen molar-refractivity contribution in [3.63, 3.8) is 0 Å². The molecular weight excluding hydrogens is 344 g/mol. The van der Waals surface area contributed by atoms with Gasteiger partial charge in [0.2, 0.25) is 21.8 Å². The smallest absolute Gasteiger partial charge is 0.247 e. The summed E-state index contributed by atoms with van der Waals surface area (Å²) in [6.45, 7) is 5.25. The van der Waals surface area contributed by atoms with Crippen molar-refractivity contribution in [2.24, 2.45) is 11.7 Å². The number of nitrogens with two attached hydrogens (primary N) is 1. The van der Waals surface area contributed by atoms with E-state index in [1.165, 1.54) is 13.1 Å². The van der Waals surface area contributed by atoms with E-state index < -0.39 is 16.1 Å². The van der Waals surface area contributed by atoms with E-state index in [0.717, 1.165) is 10.6 Å². The molecule has 9 heteroatoms. The van der Waals surface area contributed by atoms with Crippen LogP contribution in [0.15, 0.2) is 22.6 Å². The molecule has 2 aromatic rings. The minimum atomic E-state index is -3.49. The predicted octanol–water partition coefficient (Wildman–Crippen LogP) is 1.99. The number of nitrogens with zero attached hydrogens (tertiary/aromatic N) is 3. The number of sulfonamides is 1. The normalized spacial score (nSPS) is 13.1. The molecule has 136 valence electrons. The molecule has 1 heterocycles. The SMILES string of the molecule is CC(C)C(=O)c1cc(-c2nnc([C@H](C)N)o2)cc(N(C)S(C)(=O)=O)c1. The number of carbonyl (C=O) groups is 1. The summed E-state index contributed by atoms with van der Waals surface area (Å²) in [5.74, 6) is 0.0772. The molecule has 1 atom stereocenters. The second-order valence-corrected chi connectivity index (χ2v) is 8.27. The largest absolute Gasteiger partial charge is 0.419 e. The lowest BCUT2D eigenvalue weighted by Crippen LogP contribution is -2.25. The van der Waals surface area contributed by atoms with Crippen LogP contribution in [0.4, 0.5) is 5.69 Å². The molecule has 1 aromatic heterocycles. The van der Waals surface area contributed by atoms with E-state index in [1.54, 1.807) is 32.9 Å². The first-order chi connectivity index (χ1) is 11.5. The zero-order valence-electron chi connectivity index (χ0n) is 14.8. The summed E-state index contributed by atoms with van der Waals surface area (Å²) in [6, 6.07) is 4.30. The molecule has 0 radical (unpaired) electrons. The molecule has 0 amide bonds. The number of aromatic nitrogens is 2. The third-order valence-electron chi connectivity index (χ3n) is 3.66. The highest BCUT2D eigenvalue weighted by molar-refractivity contribution is 7.92. The van der Waals surface area contributed by atoms with Gasteiger partial charge in [0.15, 0.2) is 5.78 Å². The number of anilines is 1. The lowest BCUT2D eigenvalue weighted by Gasteiger charge is -2.18. The number of hydrogen-bond donors (Lipinski definition) is 1. The first kappa shape index (κ1) is 19.1. The van der Waals surface area contributed by atoms with E-state index in [9.17, 15) is 13.2 Å². The Bertz CT molecular complexity index is 887. The Morgan fingerprint density at radius 1 is 1.20 bits per heavy atom. The summed E-state index contributed by atoms with van der Waals surface area (Å²) in [6.07, 6.45) is 1.09. The van der Waals surface area contributed by atoms with Gasteiger partial charge in [0, 0.05) is 24.1 Å². The van der Waals surface area contributed by atoms with Gasteiger partial charge in [-0.3, -0.25) is 9.10 Å². The Hall–Kier alpha value is -2.26. The van der Waals surface area contributed by atoms with Crippen molar-refractivity contribution in [2.75, 3.05) is 17.6 Å². The van der Waals surface area contributed by atoms with Gasteiger partial charge in [-0.15, -0.1) is 10.2 Å². The molecule has 8 nitrogen and oxygen atoms in total. The summed E-state index contributed by atoms with van der Waals surface area (Å²) in [4.78, 5) is 12.4. The molecule has 1 aromatic carbocycles. The highest BCUT2D eigenvalue weighted by atomic mass is 32.2. The molecule has 0 fully saturated rings. The van der Waals surface area contributed by atoms with Gasteiger partial charge in [-0.1, -0.05) is 13.8 Å². The molecule has 0 aliphatic rings. The molecule has 0 unspecified atom stereocenters. The molecule has 0 aliphatic carbocycles. The number of rotatable bonds is 6. The summed E-state index contributed by atoms with van der Waals surface area (Å²) in [5, 5.41) is 7.81. The highest BCUT2D eigenvalue weighted by Gasteiger charge is 2.20. The van der Waals surface area contributed by atoms with Crippen molar-refractivity contribution >= 4 is 21.5 Å². The topological polar surface area (TPSA) is 119 Å². The molecular formula is C16H22N4O4S. The number of benzene rings is 1. The van der Waals surface area contributed by atoms with Crippen LogP contribution in [0.5, 0.6) is 0 Å². The number of carbonyl (C=O) groups excluding carboxylic acids is 1. The Morgan fingerprint density at radius 2 is 1.84 bits per heavy atom. The molecule has 25 heavy (non-hydrogen) atoms. The lowest BCUT2D eigenvalue weighted by molar-refractivity contribution is 0.0939. The second-order valence-electron chi connectivity index (χ2n) is 6.25. The Labute approximate surface area is 147 Å². The molecule has 2 rings (SSSR count). The van der Waals surface area contributed by atoms with Gasteiger partial charge in [0.25, 0.3) is 0 Å². The van der Waals surface area contributed by atoms with E-state index in [2.05, 4.69) is 10.2 Å². The van der Waals surface area contributed by atoms with E-state index in [-0.39, 0.29) is 23.5 Å². The van der Waals surface area contributed by atoms with Gasteiger partial charge in [0.05, 0.1) is 18.0 Å². The van der Waals surface area contributed by atoms with E-state index in [1.807, 2.05) is 0 Å². The zero-order valence-corrected chi connectivity index (χ0v) is 15.7. The van der Waals surface area contributed by atoms with Gasteiger partial charge >= 0.3 is 0 Å². The monoisotopic (exact) mass is 366 g/mol. The van der Waals surface area contributed by atoms with E-state index >= 15 is 0 Å². The Kier molecular flexibility index (Phi) is 5.28. The fourth-order valence-corrected chi connectivity index (χ4v) is 2.61. The highest BCUT2D eigenvalue weighted by Crippen LogP contribution is 2.28. The van der Waals surface area contributed by atoms with Crippen LogP contribution >= 0.6 is 0 Å². The van der Waals surface area contributed by atoms with Gasteiger partial charge in [-0.25, -0.2) is 8.42 Å². The second kappa shape index (κ2) is 6.93. The van der Waals surface area contributed by atoms with Crippen molar-refractivity contribution in [3.05, 3.63) is 29.7 Å². The van der Waals surface area contributed by atoms with Crippen molar-refractivity contribution in [2.45, 2.75) is 26.8 Å². The third-order valence-corrected chi connectivity index (χ3v) is 4.87. The van der Waals surface area contributed by atoms with Gasteiger partial charge in [-0.2, -0.15) is 0 Å². The first-order valence-electron chi connectivity index (χ1n) is 7.73. The van der Waals surface area contributed by atoms with Gasteiger partial charge in [0.1, 0.15) is 0 Å². The van der Waals surface area contributed by atoms with Crippen molar-refractivity contribution in [1.82, 2.24) is 10.2 Å². The van der Waals surface area contributed by atoms with E-state index in [0.29, 0.717) is 16.8 Å². The van der Waals surface area contributed by atoms with Crippen LogP contribution in [0, 0.1) is 5.92 Å². The minimum Gasteiger partial charge on any atom is -0.419 e. The van der Waals surface area contributed by atoms with Crippen LogP contribution in [0.25, 0.3) is 11.5 Å². The van der Waals surface area contributed by atoms with Crippen molar-refractivity contribution < 1.29 is 17.6 Å². The lowest BCUT2D eigenvalue weighted by atomic mass is 9.98. The minimum absolute atomic E-state index is 0.114. The molecule has 0 aliphatic heterocycles. The fourth-order valence-electron chi connectivity index (χ4n) is 2.12. The number of hydrogen-bond acceptors (Lipinski definition) is 7. The maximum Gasteiger partial charge on any atom is 0.247 e. The maximum atomic E-state index is 12.4. The summed E-state index contributed by atoms with van der Waals surface area (Å²) in [5.41, 5.74) is 6.89. The average Bonchev–Trinajstić information content (AvgIpc) is 3.02. The van der Waals surface area contributed by atoms with Gasteiger partial charge in [-0.05, 0) is 25.1 Å². The summed E-state index contributed by atoms with van der Waals surface area (Å²) < 4.78 is 30.3. The number of ketones is 1. The van der Waals surface area contributed by atoms with E-state index in [4.69, 9.17) is 10.2 Å². The molecule has 0 spiro atoms. The quantitative estimate of drug-likeness (QED) is 0.776. The average molecular weight is 366 g/mol. The summed E-state index contributed by atoms with van der Waals surface area (Å²) >= 11 is 0. The van der Waals surface area contributed by atoms with Crippen LogP contribution in [-0.2, 0) is 10.0 Å². The molecule has 0 saturated carbocycles. The van der Waals surface area contributed by atoms with Crippen molar-refractivity contribution in [1.29, 1.82) is 0 Å². The molecule has 0 saturated heterocycles. The van der Waals surface area contributed by atoms with Crippen LogP contribution < -0.4 is 10.0 Å². The standard InChI is InChI=1S/C16H22N4O4S/c1-9(2)14(21)11-6-12(16-19-18-15(24-16)10(3)17)8-13(7-11)20(4)25(5,22)23/h6-10H,17H2,1-5H3/t10-/m0/s1. The predicted molar refractivity (Wildman–Crippen MR) is 94.8 cm³/mol. The van der Waals surface area contributed by atoms with Gasteiger partial charge < -0.3 is 10.2 Å². The van der Waals surface area contributed by atoms with Crippen molar-refractivity contribution in [3.8, 4) is 11.5 Å². The zero-order chi connectivity index (χ0) is 18.9. The maximum absolute atomic E-state index is 12.4. The van der Waals surface area contributed by atoms with Crippen LogP contribution in [0.1, 0.15) is 43.1 Å². The first-order valence-corrected chi connectivity index (χ1v) is 9.58. The van der Waals surface area contributed by atoms with Crippen LogP contribution in [0.3, 0.4) is 0 Å². The fraction of sp³-hybridized carbons (Fsp3) is 0.438.